The smallest absolute Gasteiger partial charge is 0.387 e. The molecule has 0 spiro atoms. The molecule has 0 aliphatic heterocycles. The Morgan fingerprint density at radius 1 is 0.579 bits per heavy atom. The van der Waals surface area contributed by atoms with Crippen LogP contribution in [0.15, 0.2) is 72.9 Å². The average Bonchev–Trinajstić information content (AvgIpc) is 3.20. The van der Waals surface area contributed by atoms with Gasteiger partial charge in [0.1, 0.15) is 0 Å². The van der Waals surface area contributed by atoms with E-state index in [0.29, 0.717) is 6.42 Å². The molecule has 0 heterocycles. The lowest BCUT2D eigenvalue weighted by molar-refractivity contribution is -0.123. The van der Waals surface area contributed by atoms with Crippen molar-refractivity contribution in [2.24, 2.45) is 5.73 Å². The second-order valence-electron chi connectivity index (χ2n) is 15.2. The molecule has 330 valence electrons. The number of rotatable bonds is 42. The first kappa shape index (κ1) is 54.9. The van der Waals surface area contributed by atoms with Gasteiger partial charge in [0.15, 0.2) is 0 Å². The number of amides is 1. The third kappa shape index (κ3) is 41.9. The van der Waals surface area contributed by atoms with Gasteiger partial charge in [-0.25, -0.2) is 4.57 Å². The largest absolute Gasteiger partial charge is 0.472 e. The summed E-state index contributed by atoms with van der Waals surface area (Å²) in [7, 11) is -4.36. The van der Waals surface area contributed by atoms with Crippen LogP contribution in [-0.4, -0.2) is 47.8 Å². The minimum absolute atomic E-state index is 0.0671. The van der Waals surface area contributed by atoms with E-state index in [0.717, 1.165) is 70.6 Å². The zero-order valence-corrected chi connectivity index (χ0v) is 37.4. The number of aliphatic hydroxyl groups excluding tert-OH is 1. The zero-order valence-electron chi connectivity index (χ0n) is 36.6. The predicted molar refractivity (Wildman–Crippen MR) is 244 cm³/mol. The van der Waals surface area contributed by atoms with Gasteiger partial charge in [-0.3, -0.25) is 13.8 Å². The van der Waals surface area contributed by atoms with Gasteiger partial charge in [0.2, 0.25) is 5.91 Å². The van der Waals surface area contributed by atoms with E-state index in [1.54, 1.807) is 6.08 Å². The fourth-order valence-electron chi connectivity index (χ4n) is 6.23. The second kappa shape index (κ2) is 43.5. The third-order valence-corrected chi connectivity index (χ3v) is 10.7. The highest BCUT2D eigenvalue weighted by molar-refractivity contribution is 7.47. The van der Waals surface area contributed by atoms with Crippen LogP contribution in [0.2, 0.25) is 0 Å². The van der Waals surface area contributed by atoms with Gasteiger partial charge in [-0.2, -0.15) is 0 Å². The van der Waals surface area contributed by atoms with Crippen LogP contribution in [0.3, 0.4) is 0 Å². The Hall–Kier alpha value is -2.06. The number of phosphoric ester groups is 1. The first-order valence-corrected chi connectivity index (χ1v) is 24.6. The molecule has 0 fully saturated rings. The highest BCUT2D eigenvalue weighted by Gasteiger charge is 2.26. The molecule has 0 saturated carbocycles. The normalized spacial score (nSPS) is 14.7. The van der Waals surface area contributed by atoms with E-state index in [-0.39, 0.29) is 25.7 Å². The molecular formula is C48H87N2O6P. The molecule has 5 N–H and O–H groups in total. The van der Waals surface area contributed by atoms with Gasteiger partial charge in [-0.1, -0.05) is 177 Å². The Morgan fingerprint density at radius 2 is 0.982 bits per heavy atom. The van der Waals surface area contributed by atoms with Crippen LogP contribution < -0.4 is 11.1 Å². The number of aliphatic hydroxyl groups is 1. The van der Waals surface area contributed by atoms with Gasteiger partial charge in [-0.05, 0) is 83.5 Å². The van der Waals surface area contributed by atoms with Crippen molar-refractivity contribution in [1.82, 2.24) is 5.32 Å². The molecule has 0 saturated heterocycles. The van der Waals surface area contributed by atoms with Crippen molar-refractivity contribution < 1.29 is 28.4 Å². The maximum absolute atomic E-state index is 12.8. The van der Waals surface area contributed by atoms with Gasteiger partial charge in [0.25, 0.3) is 0 Å². The molecule has 1 amide bonds. The first-order valence-electron chi connectivity index (χ1n) is 23.1. The van der Waals surface area contributed by atoms with Crippen LogP contribution in [0.1, 0.15) is 194 Å². The van der Waals surface area contributed by atoms with Crippen molar-refractivity contribution in [3.63, 3.8) is 0 Å². The standard InChI is InChI=1S/C48H87N2O6P/c1-3-5-7-9-11-13-15-17-19-20-21-22-23-24-25-26-28-30-32-34-36-38-40-42-48(52)50-46(45-56-57(53,54)55-44-43-49)47(51)41-39-37-35-33-31-29-27-18-16-14-12-10-8-6-4-2/h15-18,20-21,23-24,31,33,39,41,46-47,51H,3-14,19,22,25-30,32,34-38,40,42-45,49H2,1-2H3,(H,50,52)(H,53,54)/b17-15-,18-16+,21-20-,24-23-,33-31+,41-39+. The van der Waals surface area contributed by atoms with Gasteiger partial charge in [-0.15, -0.1) is 0 Å². The van der Waals surface area contributed by atoms with Crippen LogP contribution in [0.25, 0.3) is 0 Å². The van der Waals surface area contributed by atoms with Gasteiger partial charge in [0, 0.05) is 13.0 Å². The van der Waals surface area contributed by atoms with Gasteiger partial charge in [0.05, 0.1) is 25.4 Å². The molecule has 3 atom stereocenters. The Kier molecular flexibility index (Phi) is 41.9. The third-order valence-electron chi connectivity index (χ3n) is 9.73. The molecule has 0 aliphatic rings. The van der Waals surface area contributed by atoms with Crippen molar-refractivity contribution in [2.75, 3.05) is 19.8 Å². The van der Waals surface area contributed by atoms with E-state index in [1.807, 2.05) is 6.08 Å². The van der Waals surface area contributed by atoms with E-state index < -0.39 is 20.0 Å². The molecule has 0 aromatic rings. The minimum atomic E-state index is -4.36. The summed E-state index contributed by atoms with van der Waals surface area (Å²) in [5, 5.41) is 13.6. The molecule has 8 nitrogen and oxygen atoms in total. The van der Waals surface area contributed by atoms with Gasteiger partial charge >= 0.3 is 7.82 Å². The number of allylic oxidation sites excluding steroid dienone is 11. The topological polar surface area (TPSA) is 131 Å². The fraction of sp³-hybridized carbons (Fsp3) is 0.729. The number of hydrogen-bond donors (Lipinski definition) is 4. The average molecular weight is 819 g/mol. The summed E-state index contributed by atoms with van der Waals surface area (Å²) in [6.45, 7) is 4.06. The number of phosphoric acid groups is 1. The molecule has 0 bridgehead atoms. The molecule has 0 aromatic heterocycles. The lowest BCUT2D eigenvalue weighted by Gasteiger charge is -2.23. The summed E-state index contributed by atoms with van der Waals surface area (Å²) in [6.07, 6.45) is 56.7. The number of nitrogens with two attached hydrogens (primary N) is 1. The Morgan fingerprint density at radius 3 is 1.47 bits per heavy atom. The van der Waals surface area contributed by atoms with E-state index in [4.69, 9.17) is 14.8 Å². The summed E-state index contributed by atoms with van der Waals surface area (Å²) in [4.78, 5) is 22.7. The Labute approximate surface area is 350 Å². The van der Waals surface area contributed by atoms with Crippen LogP contribution in [-0.2, 0) is 18.4 Å². The number of carbonyl (C=O) groups excluding carboxylic acids is 1. The molecular weight excluding hydrogens is 732 g/mol. The Bertz CT molecular complexity index is 1120. The number of hydrogen-bond acceptors (Lipinski definition) is 6. The highest BCUT2D eigenvalue weighted by Crippen LogP contribution is 2.43. The van der Waals surface area contributed by atoms with E-state index in [1.165, 1.54) is 103 Å². The molecule has 0 rings (SSSR count). The summed E-state index contributed by atoms with van der Waals surface area (Å²) in [5.74, 6) is -0.218. The summed E-state index contributed by atoms with van der Waals surface area (Å²) in [5.41, 5.74) is 5.37. The van der Waals surface area contributed by atoms with Crippen LogP contribution in [0.5, 0.6) is 0 Å². The van der Waals surface area contributed by atoms with E-state index in [9.17, 15) is 19.4 Å². The maximum Gasteiger partial charge on any atom is 0.472 e. The molecule has 57 heavy (non-hydrogen) atoms. The Balaban J connectivity index is 4.23. The summed E-state index contributed by atoms with van der Waals surface area (Å²) >= 11 is 0. The van der Waals surface area contributed by atoms with E-state index in [2.05, 4.69) is 79.9 Å². The first-order chi connectivity index (χ1) is 27.9. The lowest BCUT2D eigenvalue weighted by atomic mass is 10.1. The second-order valence-corrected chi connectivity index (χ2v) is 16.7. The van der Waals surface area contributed by atoms with E-state index >= 15 is 0 Å². The quantitative estimate of drug-likeness (QED) is 0.0274. The predicted octanol–water partition coefficient (Wildman–Crippen LogP) is 13.2. The van der Waals surface area contributed by atoms with Crippen molar-refractivity contribution in [1.29, 1.82) is 0 Å². The molecule has 0 radical (unpaired) electrons. The lowest BCUT2D eigenvalue weighted by Crippen LogP contribution is -2.45. The summed E-state index contributed by atoms with van der Waals surface area (Å²) < 4.78 is 22.1. The van der Waals surface area contributed by atoms with Crippen molar-refractivity contribution in [3.05, 3.63) is 72.9 Å². The molecule has 0 aliphatic carbocycles. The molecule has 9 heteroatoms. The number of nitrogens with one attached hydrogen (secondary N) is 1. The van der Waals surface area contributed by atoms with Gasteiger partial charge < -0.3 is 21.1 Å². The van der Waals surface area contributed by atoms with Crippen molar-refractivity contribution >= 4 is 13.7 Å². The highest BCUT2D eigenvalue weighted by atomic mass is 31.2. The molecule has 3 unspecified atom stereocenters. The molecule has 0 aromatic carbocycles. The summed E-state index contributed by atoms with van der Waals surface area (Å²) in [6, 6.07) is -0.891. The maximum atomic E-state index is 12.8. The SMILES string of the molecule is CCCCCCC/C=C\C/C=C\C/C=C\CCCCCCCCCCC(=O)NC(COP(=O)(O)OCCN)C(O)/C=C/CC/C=C/CC/C=C/CCCCCCC. The number of carbonyl (C=O) groups is 1. The van der Waals surface area contributed by atoms with Crippen molar-refractivity contribution in [3.8, 4) is 0 Å². The van der Waals surface area contributed by atoms with Crippen LogP contribution in [0, 0.1) is 0 Å². The monoisotopic (exact) mass is 819 g/mol. The van der Waals surface area contributed by atoms with Crippen LogP contribution >= 0.6 is 7.82 Å². The number of unbranched alkanes of at least 4 members (excludes halogenated alkanes) is 20. The van der Waals surface area contributed by atoms with Crippen molar-refractivity contribution in [2.45, 2.75) is 206 Å². The van der Waals surface area contributed by atoms with Crippen LogP contribution in [0.4, 0.5) is 0 Å². The minimum Gasteiger partial charge on any atom is -0.387 e. The zero-order chi connectivity index (χ0) is 41.8. The fourth-order valence-corrected chi connectivity index (χ4v) is 6.99.